The first-order chi connectivity index (χ1) is 16.5. The minimum absolute atomic E-state index is 0.00783. The van der Waals surface area contributed by atoms with Crippen molar-refractivity contribution in [1.82, 2.24) is 10.2 Å². The van der Waals surface area contributed by atoms with E-state index in [1.54, 1.807) is 19.9 Å². The van der Waals surface area contributed by atoms with Crippen molar-refractivity contribution in [2.45, 2.75) is 32.9 Å². The monoisotopic (exact) mass is 509 g/mol. The van der Waals surface area contributed by atoms with Gasteiger partial charge in [0.2, 0.25) is 21.8 Å². The Balaban J connectivity index is 2.49. The van der Waals surface area contributed by atoms with E-state index in [0.29, 0.717) is 24.3 Å². The summed E-state index contributed by atoms with van der Waals surface area (Å²) < 4.78 is 50.3. The molecule has 0 saturated carbocycles. The summed E-state index contributed by atoms with van der Waals surface area (Å²) in [7, 11) is -1.08. The number of hydrogen-bond acceptors (Lipinski definition) is 6. The molecule has 0 spiro atoms. The number of nitrogens with one attached hydrogen (secondary N) is 1. The van der Waals surface area contributed by atoms with Crippen LogP contribution < -0.4 is 19.1 Å². The number of hydrogen-bond donors (Lipinski definition) is 1. The molecule has 2 aromatic carbocycles. The number of ether oxygens (including phenoxy) is 2. The Morgan fingerprint density at radius 3 is 2.23 bits per heavy atom. The Morgan fingerprint density at radius 1 is 1.06 bits per heavy atom. The molecule has 0 aliphatic heterocycles. The molecule has 0 radical (unpaired) electrons. The van der Waals surface area contributed by atoms with Gasteiger partial charge in [-0.3, -0.25) is 13.9 Å². The van der Waals surface area contributed by atoms with E-state index in [0.717, 1.165) is 10.6 Å². The highest BCUT2D eigenvalue weighted by molar-refractivity contribution is 7.92. The summed E-state index contributed by atoms with van der Waals surface area (Å²) in [6.07, 6.45) is 1.28. The number of benzene rings is 2. The molecule has 2 amide bonds. The van der Waals surface area contributed by atoms with Crippen LogP contribution in [0.4, 0.5) is 10.1 Å². The third-order valence-electron chi connectivity index (χ3n) is 5.34. The third kappa shape index (κ3) is 7.32. The topological polar surface area (TPSA) is 105 Å². The van der Waals surface area contributed by atoms with Crippen LogP contribution in [0.2, 0.25) is 0 Å². The van der Waals surface area contributed by atoms with Crippen LogP contribution in [-0.2, 0) is 26.2 Å². The average molecular weight is 510 g/mol. The van der Waals surface area contributed by atoms with Gasteiger partial charge in [0.15, 0.2) is 0 Å². The molecule has 0 aliphatic carbocycles. The van der Waals surface area contributed by atoms with Crippen molar-refractivity contribution in [3.8, 4) is 11.5 Å². The number of carbonyl (C=O) groups is 2. The second-order valence-electron chi connectivity index (χ2n) is 7.77. The van der Waals surface area contributed by atoms with Gasteiger partial charge in [0.25, 0.3) is 0 Å². The molecule has 2 aromatic rings. The number of methoxy groups -OCH3 is 2. The van der Waals surface area contributed by atoms with Gasteiger partial charge in [-0.25, -0.2) is 12.8 Å². The molecular weight excluding hydrogens is 477 g/mol. The number of anilines is 1. The maximum atomic E-state index is 13.6. The minimum atomic E-state index is -3.93. The van der Waals surface area contributed by atoms with Crippen molar-refractivity contribution in [3.05, 3.63) is 53.8 Å². The van der Waals surface area contributed by atoms with Crippen LogP contribution in [0.25, 0.3) is 0 Å². The van der Waals surface area contributed by atoms with Gasteiger partial charge in [0.05, 0.1) is 26.2 Å². The first-order valence-electron chi connectivity index (χ1n) is 11.1. The van der Waals surface area contributed by atoms with E-state index in [2.05, 4.69) is 5.32 Å². The van der Waals surface area contributed by atoms with Gasteiger partial charge >= 0.3 is 0 Å². The van der Waals surface area contributed by atoms with Crippen molar-refractivity contribution in [1.29, 1.82) is 0 Å². The van der Waals surface area contributed by atoms with Crippen LogP contribution >= 0.6 is 0 Å². The average Bonchev–Trinajstić information content (AvgIpc) is 2.82. The summed E-state index contributed by atoms with van der Waals surface area (Å²) in [5.74, 6) is -0.750. The molecule has 35 heavy (non-hydrogen) atoms. The van der Waals surface area contributed by atoms with Gasteiger partial charge in [-0.15, -0.1) is 0 Å². The molecule has 0 aromatic heterocycles. The standard InChI is InChI=1S/C24H32FN3O6S/c1-6-20(24(30)26-7-2)27(15-17-8-10-18(25)11-9-17)23(29)16-28(35(5,31)32)21-13-12-19(33-3)14-22(21)34-4/h8-14,20H,6-7,15-16H2,1-5H3,(H,26,30)/t20-/m0/s1. The Morgan fingerprint density at radius 2 is 1.71 bits per heavy atom. The molecule has 2 rings (SSSR count). The van der Waals surface area contributed by atoms with Gasteiger partial charge in [-0.1, -0.05) is 19.1 Å². The molecule has 0 unspecified atom stereocenters. The molecule has 11 heteroatoms. The smallest absolute Gasteiger partial charge is 0.244 e. The molecule has 0 heterocycles. The van der Waals surface area contributed by atoms with Crippen LogP contribution in [0.1, 0.15) is 25.8 Å². The number of likely N-dealkylation sites (N-methyl/N-ethyl adjacent to an activating group) is 1. The normalized spacial score (nSPS) is 11.9. The van der Waals surface area contributed by atoms with Crippen molar-refractivity contribution in [2.75, 3.05) is 37.9 Å². The number of rotatable bonds is 12. The molecule has 0 saturated heterocycles. The van der Waals surface area contributed by atoms with E-state index in [-0.39, 0.29) is 23.9 Å². The maximum Gasteiger partial charge on any atom is 0.244 e. The quantitative estimate of drug-likeness (QED) is 0.472. The van der Waals surface area contributed by atoms with E-state index < -0.39 is 34.3 Å². The molecule has 0 fully saturated rings. The highest BCUT2D eigenvalue weighted by atomic mass is 32.2. The second-order valence-corrected chi connectivity index (χ2v) is 9.68. The van der Waals surface area contributed by atoms with E-state index in [1.807, 2.05) is 0 Å². The van der Waals surface area contributed by atoms with E-state index >= 15 is 0 Å². The minimum Gasteiger partial charge on any atom is -0.497 e. The van der Waals surface area contributed by atoms with Gasteiger partial charge < -0.3 is 19.7 Å². The lowest BCUT2D eigenvalue weighted by molar-refractivity contribution is -0.140. The lowest BCUT2D eigenvalue weighted by Gasteiger charge is -2.33. The number of sulfonamides is 1. The predicted octanol–water partition coefficient (Wildman–Crippen LogP) is 2.55. The summed E-state index contributed by atoms with van der Waals surface area (Å²) in [6.45, 7) is 3.31. The Kier molecular flexibility index (Phi) is 9.88. The number of halogens is 1. The van der Waals surface area contributed by atoms with Gasteiger partial charge in [0, 0.05) is 19.2 Å². The fraction of sp³-hybridized carbons (Fsp3) is 0.417. The summed E-state index contributed by atoms with van der Waals surface area (Å²) in [5, 5.41) is 2.71. The predicted molar refractivity (Wildman–Crippen MR) is 131 cm³/mol. The zero-order chi connectivity index (χ0) is 26.2. The van der Waals surface area contributed by atoms with Gasteiger partial charge in [-0.05, 0) is 43.2 Å². The largest absolute Gasteiger partial charge is 0.497 e. The van der Waals surface area contributed by atoms with Crippen LogP contribution in [0.3, 0.4) is 0 Å². The van der Waals surface area contributed by atoms with E-state index in [4.69, 9.17) is 9.47 Å². The molecule has 9 nitrogen and oxygen atoms in total. The zero-order valence-electron chi connectivity index (χ0n) is 20.6. The highest BCUT2D eigenvalue weighted by Gasteiger charge is 2.32. The van der Waals surface area contributed by atoms with Crippen molar-refractivity contribution in [2.24, 2.45) is 0 Å². The lowest BCUT2D eigenvalue weighted by atomic mass is 10.1. The van der Waals surface area contributed by atoms with Gasteiger partial charge in [-0.2, -0.15) is 0 Å². The molecular formula is C24H32FN3O6S. The van der Waals surface area contributed by atoms with Crippen molar-refractivity contribution < 1.29 is 31.9 Å². The molecule has 1 N–H and O–H groups in total. The summed E-state index contributed by atoms with van der Waals surface area (Å²) in [5.41, 5.74) is 0.743. The van der Waals surface area contributed by atoms with E-state index in [1.165, 1.54) is 55.5 Å². The highest BCUT2D eigenvalue weighted by Crippen LogP contribution is 2.33. The Bertz CT molecular complexity index is 1120. The SMILES string of the molecule is CCNC(=O)[C@H](CC)N(Cc1ccc(F)cc1)C(=O)CN(c1ccc(OC)cc1OC)S(C)(=O)=O. The summed E-state index contributed by atoms with van der Waals surface area (Å²) >= 11 is 0. The molecule has 192 valence electrons. The first-order valence-corrected chi connectivity index (χ1v) is 12.9. The van der Waals surface area contributed by atoms with Crippen LogP contribution in [0.15, 0.2) is 42.5 Å². The maximum absolute atomic E-state index is 13.6. The second kappa shape index (κ2) is 12.4. The van der Waals surface area contributed by atoms with Crippen LogP contribution in [0.5, 0.6) is 11.5 Å². The van der Waals surface area contributed by atoms with Gasteiger partial charge in [0.1, 0.15) is 29.9 Å². The number of nitrogens with zero attached hydrogens (tertiary/aromatic N) is 2. The fourth-order valence-electron chi connectivity index (χ4n) is 3.58. The number of amides is 2. The Hall–Kier alpha value is -3.34. The van der Waals surface area contributed by atoms with E-state index in [9.17, 15) is 22.4 Å². The Labute approximate surface area is 205 Å². The molecule has 0 aliphatic rings. The summed E-state index contributed by atoms with van der Waals surface area (Å²) in [4.78, 5) is 27.6. The summed E-state index contributed by atoms with van der Waals surface area (Å²) in [6, 6.07) is 9.25. The fourth-order valence-corrected chi connectivity index (χ4v) is 4.44. The molecule has 0 bridgehead atoms. The number of carbonyl (C=O) groups excluding carboxylic acids is 2. The van der Waals surface area contributed by atoms with Crippen molar-refractivity contribution >= 4 is 27.5 Å². The molecule has 1 atom stereocenters. The zero-order valence-corrected chi connectivity index (χ0v) is 21.4. The third-order valence-corrected chi connectivity index (χ3v) is 6.46. The lowest BCUT2D eigenvalue weighted by Crippen LogP contribution is -2.52. The van der Waals surface area contributed by atoms with Crippen molar-refractivity contribution in [3.63, 3.8) is 0 Å². The first kappa shape index (κ1) is 27.9. The van der Waals surface area contributed by atoms with Crippen LogP contribution in [0, 0.1) is 5.82 Å². The van der Waals surface area contributed by atoms with Crippen LogP contribution in [-0.4, -0.2) is 64.7 Å².